The number of hydrogen-bond acceptors (Lipinski definition) is 4. The van der Waals surface area contributed by atoms with Crippen LogP contribution >= 0.6 is 0 Å². The zero-order valence-electron chi connectivity index (χ0n) is 10.9. The average Bonchev–Trinajstić information content (AvgIpc) is 2.49. The lowest BCUT2D eigenvalue weighted by Crippen LogP contribution is -2.28. The molecule has 1 aromatic heterocycles. The fourth-order valence-corrected chi connectivity index (χ4v) is 1.61. The Labute approximate surface area is 97.3 Å². The Morgan fingerprint density at radius 1 is 1.44 bits per heavy atom. The Bertz CT molecular complexity index is 335. The predicted molar refractivity (Wildman–Crippen MR) is 64.0 cm³/mol. The van der Waals surface area contributed by atoms with E-state index in [0.717, 1.165) is 25.3 Å². The van der Waals surface area contributed by atoms with Crippen molar-refractivity contribution < 1.29 is 4.84 Å². The van der Waals surface area contributed by atoms with Gasteiger partial charge in [0.1, 0.15) is 0 Å². The molecule has 1 aromatic rings. The third-order valence-corrected chi connectivity index (χ3v) is 2.88. The number of rotatable bonds is 6. The van der Waals surface area contributed by atoms with E-state index in [1.54, 1.807) is 12.2 Å². The summed E-state index contributed by atoms with van der Waals surface area (Å²) >= 11 is 0. The number of hydrogen-bond donors (Lipinski definition) is 1. The van der Waals surface area contributed by atoms with Gasteiger partial charge < -0.3 is 10.2 Å². The molecule has 0 aromatic carbocycles. The number of nitrogens with zero attached hydrogens (tertiary/aromatic N) is 3. The number of hydroxylamine groups is 2. The number of aromatic nitrogens is 2. The van der Waals surface area contributed by atoms with E-state index in [9.17, 15) is 0 Å². The number of nitrogens with one attached hydrogen (secondary N) is 1. The predicted octanol–water partition coefficient (Wildman–Crippen LogP) is 0.620. The van der Waals surface area contributed by atoms with Gasteiger partial charge in [0, 0.05) is 45.0 Å². The minimum absolute atomic E-state index is 0.864. The van der Waals surface area contributed by atoms with Crippen LogP contribution in [0.15, 0.2) is 0 Å². The minimum Gasteiger partial charge on any atom is -0.311 e. The Morgan fingerprint density at radius 2 is 2.12 bits per heavy atom. The van der Waals surface area contributed by atoms with Crippen LogP contribution < -0.4 is 5.32 Å². The molecule has 0 saturated heterocycles. The summed E-state index contributed by atoms with van der Waals surface area (Å²) < 4.78 is 1.92. The van der Waals surface area contributed by atoms with Crippen molar-refractivity contribution in [2.45, 2.75) is 20.4 Å². The van der Waals surface area contributed by atoms with Crippen molar-refractivity contribution in [2.75, 3.05) is 27.2 Å². The summed E-state index contributed by atoms with van der Waals surface area (Å²) in [5, 5.41) is 9.57. The van der Waals surface area contributed by atoms with Gasteiger partial charge in [0.2, 0.25) is 0 Å². The summed E-state index contributed by atoms with van der Waals surface area (Å²) in [5.41, 5.74) is 3.63. The summed E-state index contributed by atoms with van der Waals surface area (Å²) in [6.07, 6.45) is 0. The molecule has 0 saturated carbocycles. The van der Waals surface area contributed by atoms with Crippen molar-refractivity contribution in [3.63, 3.8) is 0 Å². The van der Waals surface area contributed by atoms with Crippen LogP contribution in [-0.2, 0) is 18.4 Å². The molecule has 0 aliphatic heterocycles. The molecule has 0 bridgehead atoms. The molecule has 0 aliphatic carbocycles. The second-order valence-electron chi connectivity index (χ2n) is 3.98. The van der Waals surface area contributed by atoms with Crippen LogP contribution in [0.25, 0.3) is 0 Å². The summed E-state index contributed by atoms with van der Waals surface area (Å²) in [5.74, 6) is 0. The maximum absolute atomic E-state index is 5.03. The molecule has 1 heterocycles. The smallest absolute Gasteiger partial charge is 0.0641 e. The topological polar surface area (TPSA) is 42.3 Å². The molecule has 1 N–H and O–H groups in total. The van der Waals surface area contributed by atoms with Crippen molar-refractivity contribution in [1.82, 2.24) is 20.2 Å². The van der Waals surface area contributed by atoms with E-state index in [1.807, 2.05) is 25.7 Å². The van der Waals surface area contributed by atoms with E-state index in [1.165, 1.54) is 11.3 Å². The van der Waals surface area contributed by atoms with Gasteiger partial charge in [-0.2, -0.15) is 10.2 Å². The quantitative estimate of drug-likeness (QED) is 0.570. The van der Waals surface area contributed by atoms with E-state index in [-0.39, 0.29) is 0 Å². The molecule has 0 atom stereocenters. The van der Waals surface area contributed by atoms with Crippen LogP contribution in [0.1, 0.15) is 17.0 Å². The van der Waals surface area contributed by atoms with Crippen molar-refractivity contribution in [3.05, 3.63) is 17.0 Å². The van der Waals surface area contributed by atoms with Crippen molar-refractivity contribution in [3.8, 4) is 0 Å². The normalized spacial score (nSPS) is 11.4. The molecule has 0 spiro atoms. The first kappa shape index (κ1) is 13.2. The fourth-order valence-electron chi connectivity index (χ4n) is 1.61. The summed E-state index contributed by atoms with van der Waals surface area (Å²) in [4.78, 5) is 5.03. The highest BCUT2D eigenvalue weighted by molar-refractivity contribution is 5.23. The van der Waals surface area contributed by atoms with Crippen LogP contribution in [0.5, 0.6) is 0 Å². The molecule has 5 heteroatoms. The third-order valence-electron chi connectivity index (χ3n) is 2.88. The van der Waals surface area contributed by atoms with E-state index >= 15 is 0 Å². The van der Waals surface area contributed by atoms with Gasteiger partial charge in [-0.25, -0.2) is 0 Å². The Kier molecular flexibility index (Phi) is 4.92. The van der Waals surface area contributed by atoms with Gasteiger partial charge in [0.15, 0.2) is 0 Å². The zero-order chi connectivity index (χ0) is 12.1. The first-order valence-electron chi connectivity index (χ1n) is 5.51. The zero-order valence-corrected chi connectivity index (χ0v) is 10.9. The van der Waals surface area contributed by atoms with Crippen LogP contribution in [0, 0.1) is 13.8 Å². The Balaban J connectivity index is 2.37. The van der Waals surface area contributed by atoms with Gasteiger partial charge in [-0.1, -0.05) is 0 Å². The molecule has 0 radical (unpaired) electrons. The van der Waals surface area contributed by atoms with Gasteiger partial charge in [0.25, 0.3) is 0 Å². The molecule has 16 heavy (non-hydrogen) atoms. The van der Waals surface area contributed by atoms with Crippen LogP contribution in [0.3, 0.4) is 0 Å². The van der Waals surface area contributed by atoms with Gasteiger partial charge in [-0.15, -0.1) is 0 Å². The van der Waals surface area contributed by atoms with Crippen LogP contribution in [0.4, 0.5) is 0 Å². The second kappa shape index (κ2) is 5.98. The first-order chi connectivity index (χ1) is 7.56. The largest absolute Gasteiger partial charge is 0.311 e. The summed E-state index contributed by atoms with van der Waals surface area (Å²) in [6.45, 7) is 6.78. The lowest BCUT2D eigenvalue weighted by atomic mass is 10.2. The maximum atomic E-state index is 5.03. The van der Waals surface area contributed by atoms with Gasteiger partial charge in [-0.05, 0) is 13.8 Å². The van der Waals surface area contributed by atoms with Crippen molar-refractivity contribution in [1.29, 1.82) is 0 Å². The number of likely N-dealkylation sites (N-methyl/N-ethyl adjacent to an activating group) is 1. The van der Waals surface area contributed by atoms with Crippen molar-refractivity contribution >= 4 is 0 Å². The molecule has 0 aliphatic rings. The van der Waals surface area contributed by atoms with Crippen LogP contribution in [-0.4, -0.2) is 42.1 Å². The van der Waals surface area contributed by atoms with Gasteiger partial charge in [0.05, 0.1) is 12.8 Å². The molecular weight excluding hydrogens is 204 g/mol. The lowest BCUT2D eigenvalue weighted by Gasteiger charge is -2.13. The van der Waals surface area contributed by atoms with E-state index in [0.29, 0.717) is 0 Å². The SMILES string of the molecule is CON(C)CCNCc1c(C)nn(C)c1C. The van der Waals surface area contributed by atoms with Gasteiger partial charge in [-0.3, -0.25) is 4.68 Å². The molecule has 0 fully saturated rings. The number of aryl methyl sites for hydroxylation is 2. The standard InChI is InChI=1S/C11H22N4O/c1-9-11(10(2)15(4)13-9)8-12-6-7-14(3)16-5/h12H,6-8H2,1-5H3. The highest BCUT2D eigenvalue weighted by Crippen LogP contribution is 2.10. The molecule has 92 valence electrons. The molecule has 5 nitrogen and oxygen atoms in total. The van der Waals surface area contributed by atoms with E-state index in [4.69, 9.17) is 4.84 Å². The lowest BCUT2D eigenvalue weighted by molar-refractivity contribution is -0.107. The Hall–Kier alpha value is -0.910. The van der Waals surface area contributed by atoms with E-state index in [2.05, 4.69) is 17.3 Å². The monoisotopic (exact) mass is 226 g/mol. The molecular formula is C11H22N4O. The second-order valence-corrected chi connectivity index (χ2v) is 3.98. The fraction of sp³-hybridized carbons (Fsp3) is 0.727. The third kappa shape index (κ3) is 3.30. The highest BCUT2D eigenvalue weighted by atomic mass is 16.7. The van der Waals surface area contributed by atoms with Gasteiger partial charge >= 0.3 is 0 Å². The maximum Gasteiger partial charge on any atom is 0.0641 e. The Morgan fingerprint density at radius 3 is 2.62 bits per heavy atom. The molecule has 0 unspecified atom stereocenters. The molecule has 1 rings (SSSR count). The minimum atomic E-state index is 0.864. The van der Waals surface area contributed by atoms with Crippen LogP contribution in [0.2, 0.25) is 0 Å². The average molecular weight is 226 g/mol. The highest BCUT2D eigenvalue weighted by Gasteiger charge is 2.08. The first-order valence-corrected chi connectivity index (χ1v) is 5.51. The summed E-state index contributed by atoms with van der Waals surface area (Å²) in [7, 11) is 5.57. The van der Waals surface area contributed by atoms with E-state index < -0.39 is 0 Å². The van der Waals surface area contributed by atoms with Crippen molar-refractivity contribution in [2.24, 2.45) is 7.05 Å². The molecule has 0 amide bonds. The summed E-state index contributed by atoms with van der Waals surface area (Å²) in [6, 6.07) is 0.